The number of imide groups is 2. The molecule has 1 aromatic carbocycles. The van der Waals surface area contributed by atoms with E-state index < -0.39 is 17.8 Å². The molecule has 0 bridgehead atoms. The summed E-state index contributed by atoms with van der Waals surface area (Å²) in [7, 11) is 0. The minimum atomic E-state index is -0.813. The van der Waals surface area contributed by atoms with E-state index in [4.69, 9.17) is 11.6 Å². The van der Waals surface area contributed by atoms with Crippen LogP contribution in [0.3, 0.4) is 0 Å². The van der Waals surface area contributed by atoms with Gasteiger partial charge in [0.2, 0.25) is 0 Å². The number of halogens is 1. The van der Waals surface area contributed by atoms with Crippen LogP contribution in [0.4, 0.5) is 4.79 Å². The van der Waals surface area contributed by atoms with E-state index in [0.717, 1.165) is 22.6 Å². The molecule has 128 valence electrons. The highest BCUT2D eigenvalue weighted by Crippen LogP contribution is 2.27. The molecular weight excluding hydrogens is 342 g/mol. The van der Waals surface area contributed by atoms with Gasteiger partial charge in [-0.15, -0.1) is 0 Å². The SMILES string of the molecule is Cc1ccc(Cl)cc1-n1c(C)cc(C=C2C(=O)NC(=O)NC2=O)c1C. The number of nitrogens with one attached hydrogen (secondary N) is 2. The molecule has 0 atom stereocenters. The molecule has 1 fully saturated rings. The van der Waals surface area contributed by atoms with Crippen LogP contribution in [-0.4, -0.2) is 22.4 Å². The van der Waals surface area contributed by atoms with Gasteiger partial charge in [0.15, 0.2) is 0 Å². The second-order valence-corrected chi connectivity index (χ2v) is 6.32. The molecule has 7 heteroatoms. The molecular formula is C18H16ClN3O3. The van der Waals surface area contributed by atoms with Crippen LogP contribution in [0, 0.1) is 20.8 Å². The van der Waals surface area contributed by atoms with Crippen molar-refractivity contribution >= 4 is 35.5 Å². The van der Waals surface area contributed by atoms with Crippen LogP contribution in [0.15, 0.2) is 29.8 Å². The second kappa shape index (κ2) is 6.22. The number of hydrogen-bond acceptors (Lipinski definition) is 3. The molecule has 1 aliphatic rings. The highest BCUT2D eigenvalue weighted by Gasteiger charge is 2.28. The van der Waals surface area contributed by atoms with Crippen molar-refractivity contribution in [2.75, 3.05) is 0 Å². The van der Waals surface area contributed by atoms with E-state index in [1.54, 1.807) is 0 Å². The summed E-state index contributed by atoms with van der Waals surface area (Å²) in [5.41, 5.74) is 4.37. The lowest BCUT2D eigenvalue weighted by Gasteiger charge is -2.14. The van der Waals surface area contributed by atoms with Crippen molar-refractivity contribution in [3.05, 3.63) is 57.4 Å². The molecule has 0 spiro atoms. The van der Waals surface area contributed by atoms with E-state index >= 15 is 0 Å². The van der Waals surface area contributed by atoms with Crippen LogP contribution in [0.5, 0.6) is 0 Å². The summed E-state index contributed by atoms with van der Waals surface area (Å²) in [5, 5.41) is 4.76. The third kappa shape index (κ3) is 3.08. The maximum absolute atomic E-state index is 11.9. The molecule has 0 unspecified atom stereocenters. The van der Waals surface area contributed by atoms with Crippen molar-refractivity contribution in [2.24, 2.45) is 0 Å². The molecule has 4 amide bonds. The highest BCUT2D eigenvalue weighted by molar-refractivity contribution is 6.31. The van der Waals surface area contributed by atoms with E-state index in [2.05, 4.69) is 10.6 Å². The number of nitrogens with zero attached hydrogens (tertiary/aromatic N) is 1. The highest BCUT2D eigenvalue weighted by atomic mass is 35.5. The minimum absolute atomic E-state index is 0.109. The summed E-state index contributed by atoms with van der Waals surface area (Å²) in [4.78, 5) is 35.0. The number of aryl methyl sites for hydroxylation is 2. The van der Waals surface area contributed by atoms with E-state index in [1.807, 2.05) is 49.6 Å². The van der Waals surface area contributed by atoms with Crippen molar-refractivity contribution in [3.8, 4) is 5.69 Å². The van der Waals surface area contributed by atoms with Gasteiger partial charge in [-0.3, -0.25) is 20.2 Å². The summed E-state index contributed by atoms with van der Waals surface area (Å²) < 4.78 is 2.01. The number of rotatable bonds is 2. The first-order chi connectivity index (χ1) is 11.8. The number of amides is 4. The summed E-state index contributed by atoms with van der Waals surface area (Å²) in [6.07, 6.45) is 1.48. The lowest BCUT2D eigenvalue weighted by Crippen LogP contribution is -2.51. The Labute approximate surface area is 149 Å². The Kier molecular flexibility index (Phi) is 4.22. The maximum atomic E-state index is 11.9. The van der Waals surface area contributed by atoms with Crippen molar-refractivity contribution < 1.29 is 14.4 Å². The molecule has 1 aromatic heterocycles. The van der Waals surface area contributed by atoms with Gasteiger partial charge >= 0.3 is 6.03 Å². The fourth-order valence-corrected chi connectivity index (χ4v) is 3.06. The second-order valence-electron chi connectivity index (χ2n) is 5.89. The molecule has 3 rings (SSSR count). The van der Waals surface area contributed by atoms with Crippen molar-refractivity contribution in [1.82, 2.24) is 15.2 Å². The van der Waals surface area contributed by atoms with Crippen LogP contribution < -0.4 is 10.6 Å². The fourth-order valence-electron chi connectivity index (χ4n) is 2.89. The quantitative estimate of drug-likeness (QED) is 0.640. The first-order valence-electron chi connectivity index (χ1n) is 7.61. The Balaban J connectivity index is 2.11. The molecule has 6 nitrogen and oxygen atoms in total. The van der Waals surface area contributed by atoms with Gasteiger partial charge in [0.25, 0.3) is 11.8 Å². The van der Waals surface area contributed by atoms with Gasteiger partial charge in [0.1, 0.15) is 5.57 Å². The molecule has 0 radical (unpaired) electrons. The third-order valence-electron chi connectivity index (χ3n) is 4.13. The van der Waals surface area contributed by atoms with E-state index in [-0.39, 0.29) is 5.57 Å². The average Bonchev–Trinajstić information content (AvgIpc) is 2.80. The number of benzene rings is 1. The summed E-state index contributed by atoms with van der Waals surface area (Å²) in [6, 6.07) is 6.69. The molecule has 2 heterocycles. The summed E-state index contributed by atoms with van der Waals surface area (Å²) in [5.74, 6) is -1.42. The van der Waals surface area contributed by atoms with E-state index in [1.165, 1.54) is 6.08 Å². The molecule has 2 N–H and O–H groups in total. The monoisotopic (exact) mass is 357 g/mol. The van der Waals surface area contributed by atoms with Crippen molar-refractivity contribution in [1.29, 1.82) is 0 Å². The number of urea groups is 1. The molecule has 0 saturated carbocycles. The van der Waals surface area contributed by atoms with Gasteiger partial charge < -0.3 is 4.57 Å². The Morgan fingerprint density at radius 2 is 1.64 bits per heavy atom. The Bertz CT molecular complexity index is 935. The van der Waals surface area contributed by atoms with Crippen LogP contribution >= 0.6 is 11.6 Å². The number of barbiturate groups is 1. The normalized spacial score (nSPS) is 14.4. The lowest BCUT2D eigenvalue weighted by molar-refractivity contribution is -0.123. The number of aromatic nitrogens is 1. The predicted octanol–water partition coefficient (Wildman–Crippen LogP) is 2.81. The topological polar surface area (TPSA) is 80.2 Å². The molecule has 2 aromatic rings. The molecule has 0 aliphatic carbocycles. The first kappa shape index (κ1) is 17.0. The largest absolute Gasteiger partial charge is 0.328 e. The number of hydrogen-bond donors (Lipinski definition) is 2. The zero-order valence-corrected chi connectivity index (χ0v) is 14.7. The number of carbonyl (C=O) groups excluding carboxylic acids is 3. The Morgan fingerprint density at radius 1 is 1.00 bits per heavy atom. The Morgan fingerprint density at radius 3 is 2.28 bits per heavy atom. The van der Waals surface area contributed by atoms with Gasteiger partial charge in [-0.05, 0) is 56.2 Å². The summed E-state index contributed by atoms with van der Waals surface area (Å²) >= 11 is 6.12. The zero-order valence-electron chi connectivity index (χ0n) is 13.9. The average molecular weight is 358 g/mol. The van der Waals surface area contributed by atoms with Crippen molar-refractivity contribution in [2.45, 2.75) is 20.8 Å². The van der Waals surface area contributed by atoms with Crippen LogP contribution in [0.1, 0.15) is 22.5 Å². The minimum Gasteiger partial charge on any atom is -0.318 e. The standard InChI is InChI=1S/C18H16ClN3O3/c1-9-4-5-13(19)8-15(9)22-10(2)6-12(11(22)3)7-14-16(23)20-18(25)21-17(14)24/h4-8H,1-3H3,(H2,20,21,23,24,25). The fraction of sp³-hybridized carbons (Fsp3) is 0.167. The third-order valence-corrected chi connectivity index (χ3v) is 4.36. The first-order valence-corrected chi connectivity index (χ1v) is 7.99. The van der Waals surface area contributed by atoms with Gasteiger partial charge in [-0.1, -0.05) is 17.7 Å². The zero-order chi connectivity index (χ0) is 18.3. The van der Waals surface area contributed by atoms with Crippen LogP contribution in [0.25, 0.3) is 11.8 Å². The van der Waals surface area contributed by atoms with Crippen LogP contribution in [0.2, 0.25) is 5.02 Å². The van der Waals surface area contributed by atoms with Crippen LogP contribution in [-0.2, 0) is 9.59 Å². The van der Waals surface area contributed by atoms with E-state index in [0.29, 0.717) is 10.6 Å². The maximum Gasteiger partial charge on any atom is 0.328 e. The summed E-state index contributed by atoms with van der Waals surface area (Å²) in [6.45, 7) is 5.81. The molecule has 1 saturated heterocycles. The lowest BCUT2D eigenvalue weighted by atomic mass is 10.1. The van der Waals surface area contributed by atoms with Crippen molar-refractivity contribution in [3.63, 3.8) is 0 Å². The molecule has 1 aliphatic heterocycles. The predicted molar refractivity (Wildman–Crippen MR) is 94.6 cm³/mol. The van der Waals surface area contributed by atoms with E-state index in [9.17, 15) is 14.4 Å². The Hall–Kier alpha value is -2.86. The number of carbonyl (C=O) groups is 3. The smallest absolute Gasteiger partial charge is 0.318 e. The van der Waals surface area contributed by atoms with Gasteiger partial charge in [0.05, 0.1) is 0 Å². The van der Waals surface area contributed by atoms with Gasteiger partial charge in [0, 0.05) is 22.1 Å². The van der Waals surface area contributed by atoms with Gasteiger partial charge in [-0.2, -0.15) is 0 Å². The van der Waals surface area contributed by atoms with Gasteiger partial charge in [-0.25, -0.2) is 4.79 Å². The molecule has 25 heavy (non-hydrogen) atoms.